The van der Waals surface area contributed by atoms with Gasteiger partial charge in [-0.2, -0.15) is 4.31 Å². The number of amides is 1. The minimum atomic E-state index is -3.43. The smallest absolute Gasteiger partial charge is 0.253 e. The normalized spacial score (nSPS) is 26.5. The van der Waals surface area contributed by atoms with Crippen molar-refractivity contribution < 1.29 is 13.2 Å². The Morgan fingerprint density at radius 2 is 1.84 bits per heavy atom. The second-order valence-corrected chi connectivity index (χ2v) is 9.55. The zero-order valence-corrected chi connectivity index (χ0v) is 15.2. The molecule has 4 heterocycles. The Hall–Kier alpha value is -1.77. The molecule has 2 aromatic rings. The summed E-state index contributed by atoms with van der Waals surface area (Å²) in [5.74, 6) is -0.124. The lowest BCUT2D eigenvalue weighted by atomic mass is 9.99. The number of sulfonamides is 1. The number of carbonyl (C=O) groups excluding carboxylic acids is 1. The number of nitrogens with zero attached hydrogens (tertiary/aromatic N) is 2. The number of rotatable bonds is 4. The molecule has 2 aromatic heterocycles. The SMILES string of the molecule is O=C(NC1CC2CCC(C1)N2S(=O)(=O)c1cccs1)c1ccncc1. The number of aromatic nitrogens is 1. The van der Waals surface area contributed by atoms with E-state index in [9.17, 15) is 13.2 Å². The van der Waals surface area contributed by atoms with Crippen LogP contribution in [-0.4, -0.2) is 41.7 Å². The zero-order chi connectivity index (χ0) is 17.4. The summed E-state index contributed by atoms with van der Waals surface area (Å²) in [6.07, 6.45) is 6.23. The summed E-state index contributed by atoms with van der Waals surface area (Å²) in [6, 6.07) is 6.73. The van der Waals surface area contributed by atoms with Gasteiger partial charge in [0.05, 0.1) is 0 Å². The first-order chi connectivity index (χ1) is 12.1. The van der Waals surface area contributed by atoms with E-state index < -0.39 is 10.0 Å². The number of hydrogen-bond donors (Lipinski definition) is 1. The van der Waals surface area contributed by atoms with Crippen molar-refractivity contribution in [3.8, 4) is 0 Å². The van der Waals surface area contributed by atoms with Crippen molar-refractivity contribution in [2.24, 2.45) is 0 Å². The minimum absolute atomic E-state index is 0.00736. The lowest BCUT2D eigenvalue weighted by molar-refractivity contribution is 0.0909. The van der Waals surface area contributed by atoms with Crippen LogP contribution in [0.4, 0.5) is 0 Å². The first-order valence-electron chi connectivity index (χ1n) is 8.33. The fourth-order valence-corrected chi connectivity index (χ4v) is 6.92. The van der Waals surface area contributed by atoms with Crippen molar-refractivity contribution in [2.75, 3.05) is 0 Å². The molecule has 8 heteroatoms. The molecule has 2 saturated heterocycles. The average Bonchev–Trinajstić information content (AvgIpc) is 3.24. The highest BCUT2D eigenvalue weighted by Crippen LogP contribution is 2.40. The molecule has 0 saturated carbocycles. The highest BCUT2D eigenvalue weighted by Gasteiger charge is 2.47. The molecule has 2 atom stereocenters. The van der Waals surface area contributed by atoms with Gasteiger partial charge in [-0.15, -0.1) is 11.3 Å². The fourth-order valence-electron chi connectivity index (χ4n) is 3.93. The van der Waals surface area contributed by atoms with Gasteiger partial charge < -0.3 is 5.32 Å². The molecular formula is C17H19N3O3S2. The minimum Gasteiger partial charge on any atom is -0.349 e. The van der Waals surface area contributed by atoms with Crippen molar-refractivity contribution in [3.63, 3.8) is 0 Å². The van der Waals surface area contributed by atoms with Gasteiger partial charge in [-0.1, -0.05) is 6.07 Å². The Kier molecular flexibility index (Phi) is 4.35. The lowest BCUT2D eigenvalue weighted by Crippen LogP contribution is -2.52. The van der Waals surface area contributed by atoms with Gasteiger partial charge in [0.2, 0.25) is 0 Å². The van der Waals surface area contributed by atoms with Crippen molar-refractivity contribution in [1.82, 2.24) is 14.6 Å². The number of nitrogens with one attached hydrogen (secondary N) is 1. The molecule has 1 amide bonds. The first kappa shape index (κ1) is 16.7. The predicted octanol–water partition coefficient (Wildman–Crippen LogP) is 2.26. The van der Waals surface area contributed by atoms with Gasteiger partial charge in [0, 0.05) is 36.1 Å². The monoisotopic (exact) mass is 377 g/mol. The maximum absolute atomic E-state index is 12.9. The van der Waals surface area contributed by atoms with E-state index in [0.717, 1.165) is 12.8 Å². The highest BCUT2D eigenvalue weighted by atomic mass is 32.2. The molecule has 2 unspecified atom stereocenters. The molecule has 1 N–H and O–H groups in total. The summed E-state index contributed by atoms with van der Waals surface area (Å²) in [7, 11) is -3.43. The molecule has 2 aliphatic heterocycles. The Balaban J connectivity index is 1.48. The van der Waals surface area contributed by atoms with Crippen LogP contribution in [0.2, 0.25) is 0 Å². The zero-order valence-electron chi connectivity index (χ0n) is 13.5. The van der Waals surface area contributed by atoms with E-state index in [1.54, 1.807) is 46.3 Å². The summed E-state index contributed by atoms with van der Waals surface area (Å²) in [6.45, 7) is 0. The topological polar surface area (TPSA) is 79.4 Å². The third-order valence-corrected chi connectivity index (χ3v) is 8.35. The molecule has 6 nitrogen and oxygen atoms in total. The molecule has 4 rings (SSSR count). The molecule has 0 aromatic carbocycles. The number of pyridine rings is 1. The van der Waals surface area contributed by atoms with Gasteiger partial charge in [-0.05, 0) is 49.3 Å². The van der Waals surface area contributed by atoms with Crippen molar-refractivity contribution in [3.05, 3.63) is 47.6 Å². The summed E-state index contributed by atoms with van der Waals surface area (Å²) >= 11 is 1.26. The van der Waals surface area contributed by atoms with Gasteiger partial charge in [0.1, 0.15) is 4.21 Å². The molecule has 0 aliphatic carbocycles. The van der Waals surface area contributed by atoms with E-state index in [2.05, 4.69) is 10.3 Å². The standard InChI is InChI=1S/C17H19N3O3S2/c21-17(12-5-7-18-8-6-12)19-13-10-14-3-4-15(11-13)20(14)25(22,23)16-2-1-9-24-16/h1-2,5-9,13-15H,3-4,10-11H2,(H,19,21). The number of carbonyl (C=O) groups is 1. The van der Waals surface area contributed by atoms with Crippen LogP contribution in [0.15, 0.2) is 46.2 Å². The van der Waals surface area contributed by atoms with Gasteiger partial charge in [-0.3, -0.25) is 9.78 Å². The molecule has 25 heavy (non-hydrogen) atoms. The average molecular weight is 377 g/mol. The van der Waals surface area contributed by atoms with E-state index in [4.69, 9.17) is 0 Å². The van der Waals surface area contributed by atoms with Gasteiger partial charge in [-0.25, -0.2) is 8.42 Å². The highest BCUT2D eigenvalue weighted by molar-refractivity contribution is 7.91. The first-order valence-corrected chi connectivity index (χ1v) is 10.7. The molecule has 2 aliphatic rings. The second-order valence-electron chi connectivity index (χ2n) is 6.53. The van der Waals surface area contributed by atoms with Gasteiger partial charge >= 0.3 is 0 Å². The predicted molar refractivity (Wildman–Crippen MR) is 94.9 cm³/mol. The van der Waals surface area contributed by atoms with Crippen LogP contribution < -0.4 is 5.32 Å². The van der Waals surface area contributed by atoms with E-state index in [1.165, 1.54) is 11.3 Å². The largest absolute Gasteiger partial charge is 0.349 e. The Morgan fingerprint density at radius 1 is 1.16 bits per heavy atom. The maximum Gasteiger partial charge on any atom is 0.253 e. The number of fused-ring (bicyclic) bond motifs is 2. The number of hydrogen-bond acceptors (Lipinski definition) is 5. The number of thiophene rings is 1. The fraction of sp³-hybridized carbons (Fsp3) is 0.412. The van der Waals surface area contributed by atoms with Crippen LogP contribution in [-0.2, 0) is 10.0 Å². The van der Waals surface area contributed by atoms with E-state index in [-0.39, 0.29) is 24.0 Å². The third kappa shape index (κ3) is 3.09. The van der Waals surface area contributed by atoms with Crippen LogP contribution in [0.1, 0.15) is 36.0 Å². The van der Waals surface area contributed by atoms with Crippen molar-refractivity contribution in [2.45, 2.75) is 48.0 Å². The lowest BCUT2D eigenvalue weighted by Gasteiger charge is -2.37. The van der Waals surface area contributed by atoms with Crippen LogP contribution in [0, 0.1) is 0 Å². The van der Waals surface area contributed by atoms with Crippen LogP contribution in [0.5, 0.6) is 0 Å². The molecular weight excluding hydrogens is 358 g/mol. The molecule has 2 bridgehead atoms. The van der Waals surface area contributed by atoms with Crippen LogP contribution in [0.3, 0.4) is 0 Å². The summed E-state index contributed by atoms with van der Waals surface area (Å²) < 4.78 is 27.9. The Labute approximate surface area is 150 Å². The quantitative estimate of drug-likeness (QED) is 0.886. The summed E-state index contributed by atoms with van der Waals surface area (Å²) in [5, 5.41) is 4.85. The van der Waals surface area contributed by atoms with Crippen molar-refractivity contribution >= 4 is 27.3 Å². The molecule has 2 fully saturated rings. The Morgan fingerprint density at radius 3 is 2.44 bits per heavy atom. The maximum atomic E-state index is 12.9. The van der Waals surface area contributed by atoms with Crippen LogP contribution in [0.25, 0.3) is 0 Å². The Bertz CT molecular complexity index is 839. The van der Waals surface area contributed by atoms with Crippen molar-refractivity contribution in [1.29, 1.82) is 0 Å². The van der Waals surface area contributed by atoms with E-state index >= 15 is 0 Å². The number of piperidine rings is 1. The van der Waals surface area contributed by atoms with Gasteiger partial charge in [0.25, 0.3) is 15.9 Å². The third-order valence-electron chi connectivity index (χ3n) is 4.97. The summed E-state index contributed by atoms with van der Waals surface area (Å²) in [5.41, 5.74) is 0.580. The molecule has 0 spiro atoms. The van der Waals surface area contributed by atoms with E-state index in [0.29, 0.717) is 22.6 Å². The summed E-state index contributed by atoms with van der Waals surface area (Å²) in [4.78, 5) is 16.3. The molecule has 132 valence electrons. The van der Waals surface area contributed by atoms with E-state index in [1.807, 2.05) is 0 Å². The van der Waals surface area contributed by atoms with Crippen LogP contribution >= 0.6 is 11.3 Å². The van der Waals surface area contributed by atoms with Gasteiger partial charge in [0.15, 0.2) is 0 Å². The molecule has 0 radical (unpaired) electrons. The second kappa shape index (κ2) is 6.51.